The first-order valence-electron chi connectivity index (χ1n) is 44.4. The first kappa shape index (κ1) is 117. The Hall–Kier alpha value is -6.12. The zero-order valence-electron chi connectivity index (χ0n) is 75.8. The summed E-state index contributed by atoms with van der Waals surface area (Å²) in [4.78, 5) is 103. The van der Waals surface area contributed by atoms with Crippen molar-refractivity contribution >= 4 is 47.4 Å². The van der Waals surface area contributed by atoms with Gasteiger partial charge in [-0.15, -0.1) is 0 Å². The van der Waals surface area contributed by atoms with Gasteiger partial charge in [-0.25, -0.2) is 9.59 Å². The second kappa shape index (κ2) is 50.3. The molecule has 0 radical (unpaired) electrons. The van der Waals surface area contributed by atoms with E-state index >= 15 is 0 Å². The van der Waals surface area contributed by atoms with E-state index in [1.807, 2.05) is 0 Å². The number of carboxylic acid groups (broad SMARTS) is 2. The SMILES string of the molecule is CC(=O)N[C@@H]1[C@@H](O[C@@H]2O[C@H](CO)[C@H](O)[C@H](O[C@]3(C(=O)O)C[C@H](O)[C@@H](NC(C)=O)[C@H]([C@H](O)[C@H](O)CO)O3)[C@H]2O)[C@@H](O)[C@@H](CO[C@@H]2O[C@H](CO)[C@@H](O[C@@H]3O[C@H](CO)[C@H](O)[C@H](O[C@@H]4O[C@H](CO)[C@@H](O[C@@H]5O[C@H](CO)[C@H](O)[C@H](O[C@@H]6O[C@H](CO)[C@@H](O[C@@H]7O[C@H](CO)[C@H](O)[C@H](O[C@]8(C(=O)O)C[C@H](O)[C@@H](NC(C)=O)[C@H]([C@H](O)[C@H](O)CO)O8)[C@H]7O)[C@H](O)[C@H]6NC(C)=O)[C@H]5O)[C@H](O)[C@H]4NC(C)=O)[C@H]3O)[C@H](O)[C@H]2NC(C)=O)O[C@@H]1O. The highest BCUT2D eigenvalue weighted by atomic mass is 16.8. The van der Waals surface area contributed by atoms with Crippen LogP contribution < -0.4 is 31.9 Å². The van der Waals surface area contributed by atoms with Crippen molar-refractivity contribution in [3.8, 4) is 0 Å². The first-order valence-corrected chi connectivity index (χ1v) is 44.4. The predicted molar refractivity (Wildman–Crippen MR) is 434 cm³/mol. The van der Waals surface area contributed by atoms with E-state index in [2.05, 4.69) is 31.9 Å². The fourth-order valence-electron chi connectivity index (χ4n) is 18.2. The molecule has 10 fully saturated rings. The van der Waals surface area contributed by atoms with Crippen molar-refractivity contribution in [2.75, 3.05) is 66.1 Å². The van der Waals surface area contributed by atoms with Crippen LogP contribution in [0.1, 0.15) is 54.4 Å². The molecular weight excluding hydrogens is 1930 g/mol. The van der Waals surface area contributed by atoms with Crippen LogP contribution in [0.3, 0.4) is 0 Å². The molecule has 141 heavy (non-hydrogen) atoms. The van der Waals surface area contributed by atoms with Gasteiger partial charge < -0.3 is 275 Å². The fraction of sp³-hybridized carbons (Fsp3) is 0.897. The number of hydrogen-bond acceptors (Lipinski definition) is 55. The van der Waals surface area contributed by atoms with E-state index in [1.165, 1.54) is 0 Å². The van der Waals surface area contributed by atoms with Crippen LogP contribution in [0.5, 0.6) is 0 Å². The topological polar surface area (TPSA) is 991 Å². The first-order chi connectivity index (χ1) is 66.4. The highest BCUT2D eigenvalue weighted by Crippen LogP contribution is 2.44. The van der Waals surface area contributed by atoms with E-state index in [0.717, 1.165) is 41.5 Å². The van der Waals surface area contributed by atoms with Crippen LogP contribution in [0.15, 0.2) is 0 Å². The molecule has 10 rings (SSSR count). The van der Waals surface area contributed by atoms with Gasteiger partial charge >= 0.3 is 11.9 Å². The van der Waals surface area contributed by atoms with Gasteiger partial charge in [-0.2, -0.15) is 0 Å². The van der Waals surface area contributed by atoms with E-state index in [9.17, 15) is 192 Å². The van der Waals surface area contributed by atoms with Gasteiger partial charge in [-0.1, -0.05) is 0 Å². The molecule has 63 heteroatoms. The quantitative estimate of drug-likeness (QED) is 0.0271. The minimum Gasteiger partial charge on any atom is -0.477 e. The Balaban J connectivity index is 0.824. The molecule has 0 spiro atoms. The molecule has 10 aliphatic rings. The summed E-state index contributed by atoms with van der Waals surface area (Å²) >= 11 is 0. The normalized spacial score (nSPS) is 45.4. The molecule has 63 nitrogen and oxygen atoms in total. The highest BCUT2D eigenvalue weighted by Gasteiger charge is 2.66. The zero-order valence-corrected chi connectivity index (χ0v) is 75.8. The number of rotatable bonds is 40. The number of ether oxygens (including phenoxy) is 19. The Morgan fingerprint density at radius 3 is 0.830 bits per heavy atom. The number of aliphatic hydroxyl groups is 28. The second-order valence-electron chi connectivity index (χ2n) is 35.3. The second-order valence-corrected chi connectivity index (χ2v) is 35.3. The highest BCUT2D eigenvalue weighted by molar-refractivity contribution is 5.78. The van der Waals surface area contributed by atoms with Crippen LogP contribution in [-0.4, -0.2) is 585 Å². The van der Waals surface area contributed by atoms with Gasteiger partial charge in [0.25, 0.3) is 11.6 Å². The molecule has 36 N–H and O–H groups in total. The van der Waals surface area contributed by atoms with Crippen LogP contribution in [0.25, 0.3) is 0 Å². The number of carboxylic acids is 2. The zero-order chi connectivity index (χ0) is 105. The van der Waals surface area contributed by atoms with Gasteiger partial charge in [0.1, 0.15) is 232 Å². The third kappa shape index (κ3) is 26.1. The number of carbonyl (C=O) groups is 8. The largest absolute Gasteiger partial charge is 0.477 e. The fourth-order valence-corrected chi connectivity index (χ4v) is 18.2. The van der Waals surface area contributed by atoms with Crippen LogP contribution >= 0.6 is 0 Å². The molecule has 0 aromatic carbocycles. The van der Waals surface area contributed by atoms with E-state index in [0.29, 0.717) is 0 Å². The summed E-state index contributed by atoms with van der Waals surface area (Å²) in [7, 11) is 0. The predicted octanol–water partition coefficient (Wildman–Crippen LogP) is -23.5. The molecule has 10 heterocycles. The van der Waals surface area contributed by atoms with Crippen molar-refractivity contribution in [2.45, 2.75) is 372 Å². The lowest BCUT2D eigenvalue weighted by molar-refractivity contribution is -0.391. The Morgan fingerprint density at radius 1 is 0.291 bits per heavy atom. The monoisotopic (exact) mass is 2060 g/mol. The van der Waals surface area contributed by atoms with E-state index < -0.39 is 444 Å². The van der Waals surface area contributed by atoms with Crippen LogP contribution in [-0.2, 0) is 128 Å². The van der Waals surface area contributed by atoms with Crippen molar-refractivity contribution in [3.05, 3.63) is 0 Å². The Labute approximate surface area is 796 Å². The average Bonchev–Trinajstić information content (AvgIpc) is 0.761. The van der Waals surface area contributed by atoms with Crippen LogP contribution in [0, 0.1) is 0 Å². The van der Waals surface area contributed by atoms with Crippen molar-refractivity contribution in [1.29, 1.82) is 0 Å². The number of carbonyl (C=O) groups excluding carboxylic acids is 6. The van der Waals surface area contributed by atoms with Gasteiger partial charge in [0, 0.05) is 54.4 Å². The lowest BCUT2D eigenvalue weighted by Gasteiger charge is -2.51. The molecule has 812 valence electrons. The van der Waals surface area contributed by atoms with Gasteiger partial charge in [-0.3, -0.25) is 28.8 Å². The molecule has 0 aromatic heterocycles. The molecule has 0 saturated carbocycles. The molecule has 52 atom stereocenters. The Morgan fingerprint density at radius 2 is 0.539 bits per heavy atom. The maximum absolute atomic E-state index is 13.2. The third-order valence-electron chi connectivity index (χ3n) is 25.2. The van der Waals surface area contributed by atoms with Crippen LogP contribution in [0.2, 0.25) is 0 Å². The van der Waals surface area contributed by atoms with Gasteiger partial charge in [0.15, 0.2) is 50.3 Å². The molecule has 0 bridgehead atoms. The van der Waals surface area contributed by atoms with Gasteiger partial charge in [-0.05, 0) is 0 Å². The standard InChI is InChI=1S/C78H128N6O57/c1-19(94)79-37-25(100)7-77(75(119)120,138-61(37)43(104)27(102)9-85)140-65-47(108)31(13-89)127-73(55(65)116)134-59-35(17-93)131-70(41(52(59)113)83-23(5)98)137-64-46(107)30(12-88)126-72(54(64)115)133-58-34(16-92)130-69(40(51(58)112)82-22(4)97)136-63-45(106)29(11-87)125-71(53(63)114)132-57-33(15-91)129-68(39(50(57)111)81-21(3)96)123-18-36-49(110)60(42(67(118)124-36)84-24(6)99)135-74-56(117)66(48(109)32(14-90)128-74)141-78(76(121)122)8-26(101)38(80-20(2)95)62(139-78)44(105)28(103)10-86/h25-74,85-93,100-118H,7-18H2,1-6H3,(H,79,94)(H,80,95)(H,81,96)(H,82,97)(H,83,98)(H,84,99)(H,119,120)(H,121,122)/t25-,26-,27+,28+,29+,30+,31+,32+,33+,34+,35+,36+,37+,38+,39+,40+,41+,42+,43+,44+,45-,46-,47-,48-,49-,50+,51+,52+,53+,54+,55+,56+,57+,58+,59+,60+,61+,62+,63-,64-,65-,66-,67-,68+,69-,70-,71-,72-,73-,74-,77-,78-/m0/s1. The molecule has 0 aromatic rings. The summed E-state index contributed by atoms with van der Waals surface area (Å²) in [5.41, 5.74) is 0. The summed E-state index contributed by atoms with van der Waals surface area (Å²) in [6.07, 6.45) is -99.3. The van der Waals surface area contributed by atoms with Crippen molar-refractivity contribution in [1.82, 2.24) is 31.9 Å². The summed E-state index contributed by atoms with van der Waals surface area (Å²) in [6, 6.07) is -11.4. The minimum atomic E-state index is -3.29. The molecule has 10 aliphatic heterocycles. The maximum atomic E-state index is 13.2. The van der Waals surface area contributed by atoms with E-state index in [4.69, 9.17) is 90.0 Å². The van der Waals surface area contributed by atoms with E-state index in [-0.39, 0.29) is 0 Å². The van der Waals surface area contributed by atoms with Crippen molar-refractivity contribution in [2.24, 2.45) is 0 Å². The summed E-state index contributed by atoms with van der Waals surface area (Å²) in [6.45, 7) is -6.42. The number of hydrogen-bond donors (Lipinski definition) is 36. The lowest BCUT2D eigenvalue weighted by atomic mass is 9.88. The minimum absolute atomic E-state index is 0.875. The maximum Gasteiger partial charge on any atom is 0.364 e. The number of aliphatic hydroxyl groups excluding tert-OH is 28. The van der Waals surface area contributed by atoms with Gasteiger partial charge in [0.2, 0.25) is 35.4 Å². The smallest absolute Gasteiger partial charge is 0.364 e. The molecule has 6 amide bonds. The third-order valence-corrected chi connectivity index (χ3v) is 25.2. The lowest BCUT2D eigenvalue weighted by Crippen LogP contribution is -2.71. The molecule has 0 unspecified atom stereocenters. The van der Waals surface area contributed by atoms with Crippen molar-refractivity contribution in [3.63, 3.8) is 0 Å². The molecular formula is C78H128N6O57. The molecule has 10 saturated heterocycles. The Kier molecular flexibility index (Phi) is 41.6. The van der Waals surface area contributed by atoms with Gasteiger partial charge in [0.05, 0.1) is 90.4 Å². The Bertz CT molecular complexity index is 4060. The van der Waals surface area contributed by atoms with Crippen LogP contribution in [0.4, 0.5) is 0 Å². The number of aliphatic carboxylic acids is 2. The van der Waals surface area contributed by atoms with Crippen molar-refractivity contribution < 1.29 is 282 Å². The molecule has 0 aliphatic carbocycles. The summed E-state index contributed by atoms with van der Waals surface area (Å²) in [5, 5.41) is 350. The average molecular weight is 2060 g/mol. The number of nitrogens with one attached hydrogen (secondary N) is 6. The van der Waals surface area contributed by atoms with E-state index in [1.54, 1.807) is 0 Å². The summed E-state index contributed by atoms with van der Waals surface area (Å²) < 4.78 is 111. The number of amides is 6. The summed E-state index contributed by atoms with van der Waals surface area (Å²) in [5.74, 6) is -16.6.